The Morgan fingerprint density at radius 1 is 0.792 bits per heavy atom. The Kier molecular flexibility index (Phi) is 3.67. The van der Waals surface area contributed by atoms with Crippen molar-refractivity contribution < 1.29 is 0 Å². The van der Waals surface area contributed by atoms with Gasteiger partial charge in [0.1, 0.15) is 11.5 Å². The standard InChI is InChI=1S/C19H17N5/c20-18-16(19-21-11-12-22-19)15(13-7-3-1-4-8-13)17(23-24-18)14-9-5-2-6-10-14/h1-10H,11-12H2,(H2,20,24)(H,21,22). The highest BCUT2D eigenvalue weighted by Crippen LogP contribution is 2.35. The molecule has 0 bridgehead atoms. The topological polar surface area (TPSA) is 76.2 Å². The van der Waals surface area contributed by atoms with Crippen LogP contribution in [0.1, 0.15) is 5.56 Å². The van der Waals surface area contributed by atoms with Gasteiger partial charge in [-0.05, 0) is 5.56 Å². The molecule has 0 radical (unpaired) electrons. The van der Waals surface area contributed by atoms with Crippen LogP contribution in [0.2, 0.25) is 0 Å². The monoisotopic (exact) mass is 315 g/mol. The summed E-state index contributed by atoms with van der Waals surface area (Å²) in [4.78, 5) is 4.55. The van der Waals surface area contributed by atoms with Crippen LogP contribution in [0, 0.1) is 0 Å². The van der Waals surface area contributed by atoms with E-state index in [1.807, 2.05) is 48.5 Å². The molecule has 0 amide bonds. The number of nitrogens with one attached hydrogen (secondary N) is 1. The van der Waals surface area contributed by atoms with E-state index >= 15 is 0 Å². The predicted octanol–water partition coefficient (Wildman–Crippen LogP) is 2.74. The quantitative estimate of drug-likeness (QED) is 0.779. The second kappa shape index (κ2) is 6.12. The van der Waals surface area contributed by atoms with Crippen molar-refractivity contribution in [2.75, 3.05) is 18.8 Å². The van der Waals surface area contributed by atoms with Gasteiger partial charge in [0.05, 0.1) is 12.1 Å². The van der Waals surface area contributed by atoms with Crippen molar-refractivity contribution in [1.29, 1.82) is 0 Å². The summed E-state index contributed by atoms with van der Waals surface area (Å²) < 4.78 is 0. The number of anilines is 1. The Balaban J connectivity index is 2.03. The third-order valence-electron chi connectivity index (χ3n) is 4.02. The van der Waals surface area contributed by atoms with Gasteiger partial charge in [-0.15, -0.1) is 10.2 Å². The molecule has 1 aromatic heterocycles. The number of hydrogen-bond donors (Lipinski definition) is 2. The highest BCUT2D eigenvalue weighted by molar-refractivity contribution is 6.10. The SMILES string of the molecule is Nc1nnc(-c2ccccc2)c(-c2ccccc2)c1C1=NCCN1. The molecular formula is C19H17N5. The zero-order valence-corrected chi connectivity index (χ0v) is 13.1. The number of nitrogens with zero attached hydrogens (tertiary/aromatic N) is 3. The van der Waals surface area contributed by atoms with Gasteiger partial charge in [-0.25, -0.2) is 0 Å². The first-order valence-electron chi connectivity index (χ1n) is 7.90. The fraction of sp³-hybridized carbons (Fsp3) is 0.105. The molecule has 3 N–H and O–H groups in total. The van der Waals surface area contributed by atoms with Crippen LogP contribution >= 0.6 is 0 Å². The summed E-state index contributed by atoms with van der Waals surface area (Å²) >= 11 is 0. The maximum absolute atomic E-state index is 6.19. The van der Waals surface area contributed by atoms with Crippen molar-refractivity contribution in [3.63, 3.8) is 0 Å². The van der Waals surface area contributed by atoms with Gasteiger partial charge in [-0.2, -0.15) is 0 Å². The Labute approximate surface area is 140 Å². The number of amidine groups is 1. The first-order chi connectivity index (χ1) is 11.8. The average molecular weight is 315 g/mol. The van der Waals surface area contributed by atoms with Gasteiger partial charge in [0.15, 0.2) is 5.82 Å². The summed E-state index contributed by atoms with van der Waals surface area (Å²) in [5, 5.41) is 11.9. The van der Waals surface area contributed by atoms with E-state index in [9.17, 15) is 0 Å². The van der Waals surface area contributed by atoms with Crippen LogP contribution < -0.4 is 11.1 Å². The lowest BCUT2D eigenvalue weighted by atomic mass is 9.94. The minimum atomic E-state index is 0.390. The third kappa shape index (κ3) is 2.50. The normalized spacial score (nSPS) is 13.4. The van der Waals surface area contributed by atoms with Gasteiger partial charge in [0, 0.05) is 17.7 Å². The van der Waals surface area contributed by atoms with E-state index in [0.29, 0.717) is 5.82 Å². The number of aliphatic imine (C=N–C) groups is 1. The smallest absolute Gasteiger partial charge is 0.157 e. The summed E-state index contributed by atoms with van der Waals surface area (Å²) in [5.41, 5.74) is 10.8. The van der Waals surface area contributed by atoms with E-state index in [4.69, 9.17) is 5.73 Å². The van der Waals surface area contributed by atoms with E-state index < -0.39 is 0 Å². The molecule has 0 spiro atoms. The van der Waals surface area contributed by atoms with E-state index in [2.05, 4.69) is 32.6 Å². The fourth-order valence-corrected chi connectivity index (χ4v) is 2.94. The number of rotatable bonds is 3. The highest BCUT2D eigenvalue weighted by Gasteiger charge is 2.23. The first kappa shape index (κ1) is 14.4. The zero-order chi connectivity index (χ0) is 16.4. The van der Waals surface area contributed by atoms with E-state index in [1.165, 1.54) is 0 Å². The molecule has 5 nitrogen and oxygen atoms in total. The summed E-state index contributed by atoms with van der Waals surface area (Å²) in [6, 6.07) is 20.2. The fourth-order valence-electron chi connectivity index (χ4n) is 2.94. The van der Waals surface area contributed by atoms with Crippen LogP contribution in [0.15, 0.2) is 65.7 Å². The van der Waals surface area contributed by atoms with Crippen LogP contribution in [0.5, 0.6) is 0 Å². The molecule has 0 saturated heterocycles. The van der Waals surface area contributed by atoms with Crippen molar-refractivity contribution >= 4 is 11.7 Å². The largest absolute Gasteiger partial charge is 0.382 e. The Morgan fingerprint density at radius 2 is 1.46 bits per heavy atom. The second-order valence-corrected chi connectivity index (χ2v) is 5.57. The lowest BCUT2D eigenvalue weighted by Crippen LogP contribution is -2.23. The lowest BCUT2D eigenvalue weighted by molar-refractivity contribution is 0.959. The van der Waals surface area contributed by atoms with Crippen molar-refractivity contribution in [2.24, 2.45) is 4.99 Å². The van der Waals surface area contributed by atoms with Gasteiger partial charge in [0.2, 0.25) is 0 Å². The highest BCUT2D eigenvalue weighted by atomic mass is 15.2. The van der Waals surface area contributed by atoms with Crippen LogP contribution in [-0.4, -0.2) is 29.1 Å². The van der Waals surface area contributed by atoms with Crippen molar-refractivity contribution in [2.45, 2.75) is 0 Å². The Hall–Kier alpha value is -3.21. The molecule has 0 fully saturated rings. The predicted molar refractivity (Wildman–Crippen MR) is 96.7 cm³/mol. The number of benzene rings is 2. The summed E-state index contributed by atoms with van der Waals surface area (Å²) in [5.74, 6) is 1.18. The molecule has 2 aromatic carbocycles. The molecule has 4 rings (SSSR count). The molecule has 2 heterocycles. The van der Waals surface area contributed by atoms with Gasteiger partial charge in [0.25, 0.3) is 0 Å². The molecule has 1 aliphatic heterocycles. The average Bonchev–Trinajstić information content (AvgIpc) is 3.17. The summed E-state index contributed by atoms with van der Waals surface area (Å²) in [6.07, 6.45) is 0. The molecule has 24 heavy (non-hydrogen) atoms. The molecular weight excluding hydrogens is 298 g/mol. The van der Waals surface area contributed by atoms with Crippen LogP contribution in [0.3, 0.4) is 0 Å². The maximum Gasteiger partial charge on any atom is 0.157 e. The lowest BCUT2D eigenvalue weighted by Gasteiger charge is -2.16. The Bertz CT molecular complexity index is 888. The molecule has 5 heteroatoms. The van der Waals surface area contributed by atoms with Crippen LogP contribution in [0.25, 0.3) is 22.4 Å². The summed E-state index contributed by atoms with van der Waals surface area (Å²) in [6.45, 7) is 1.55. The zero-order valence-electron chi connectivity index (χ0n) is 13.1. The summed E-state index contributed by atoms with van der Waals surface area (Å²) in [7, 11) is 0. The minimum Gasteiger partial charge on any atom is -0.382 e. The molecule has 0 saturated carbocycles. The first-order valence-corrected chi connectivity index (χ1v) is 7.90. The molecule has 0 aliphatic carbocycles. The van der Waals surface area contributed by atoms with E-state index in [0.717, 1.165) is 46.9 Å². The van der Waals surface area contributed by atoms with Gasteiger partial charge in [-0.3, -0.25) is 4.99 Å². The van der Waals surface area contributed by atoms with Crippen molar-refractivity contribution in [3.8, 4) is 22.4 Å². The van der Waals surface area contributed by atoms with Crippen molar-refractivity contribution in [1.82, 2.24) is 15.5 Å². The number of nitrogen functional groups attached to an aromatic ring is 1. The van der Waals surface area contributed by atoms with Gasteiger partial charge >= 0.3 is 0 Å². The third-order valence-corrected chi connectivity index (χ3v) is 4.02. The Morgan fingerprint density at radius 3 is 2.08 bits per heavy atom. The van der Waals surface area contributed by atoms with Crippen molar-refractivity contribution in [3.05, 3.63) is 66.2 Å². The van der Waals surface area contributed by atoms with E-state index in [1.54, 1.807) is 0 Å². The maximum atomic E-state index is 6.19. The molecule has 0 atom stereocenters. The molecule has 1 aliphatic rings. The molecule has 118 valence electrons. The van der Waals surface area contributed by atoms with E-state index in [-0.39, 0.29) is 0 Å². The van der Waals surface area contributed by atoms with Gasteiger partial charge < -0.3 is 11.1 Å². The van der Waals surface area contributed by atoms with Crippen LogP contribution in [0.4, 0.5) is 5.82 Å². The molecule has 3 aromatic rings. The van der Waals surface area contributed by atoms with Crippen LogP contribution in [-0.2, 0) is 0 Å². The molecule has 0 unspecified atom stereocenters. The minimum absolute atomic E-state index is 0.390. The second-order valence-electron chi connectivity index (χ2n) is 5.57. The van der Waals surface area contributed by atoms with Gasteiger partial charge in [-0.1, -0.05) is 60.7 Å². The number of hydrogen-bond acceptors (Lipinski definition) is 5. The number of aromatic nitrogens is 2. The number of nitrogens with two attached hydrogens (primary N) is 1.